The van der Waals surface area contributed by atoms with Crippen LogP contribution in [0.2, 0.25) is 0 Å². The molecule has 1 aromatic heterocycles. The van der Waals surface area contributed by atoms with Crippen LogP contribution in [-0.4, -0.2) is 63.3 Å². The van der Waals surface area contributed by atoms with Crippen LogP contribution in [-0.2, 0) is 11.3 Å². The van der Waals surface area contributed by atoms with Gasteiger partial charge in [0.15, 0.2) is 0 Å². The quantitative estimate of drug-likeness (QED) is 0.625. The second kappa shape index (κ2) is 8.95. The number of pyridine rings is 1. The van der Waals surface area contributed by atoms with Gasteiger partial charge in [-0.05, 0) is 37.3 Å². The zero-order valence-electron chi connectivity index (χ0n) is 19.0. The summed E-state index contributed by atoms with van der Waals surface area (Å²) < 4.78 is 0. The molecule has 31 heavy (non-hydrogen) atoms. The number of carbonyl (C=O) groups is 2. The van der Waals surface area contributed by atoms with Gasteiger partial charge in [-0.15, -0.1) is 0 Å². The van der Waals surface area contributed by atoms with Gasteiger partial charge in [-0.2, -0.15) is 0 Å². The molecule has 1 spiro atoms. The Morgan fingerprint density at radius 2 is 1.81 bits per heavy atom. The number of amides is 3. The molecule has 0 radical (unpaired) electrons. The standard InChI is InChI=1S/C25H34N4O2/c1-4-5-14-29-24(31)28(17-19(2)3)23(30)25(29)12-15-27(16-13-25)18-21-11-10-20-8-6-7-9-22(20)26-21/h6-11,19H,4-5,12-18H2,1-3H3. The fraction of sp³-hybridized carbons (Fsp3) is 0.560. The fourth-order valence-corrected chi connectivity index (χ4v) is 4.92. The lowest BCUT2D eigenvalue weighted by Crippen LogP contribution is -2.56. The summed E-state index contributed by atoms with van der Waals surface area (Å²) in [7, 11) is 0. The maximum atomic E-state index is 13.4. The molecule has 0 saturated carbocycles. The van der Waals surface area contributed by atoms with E-state index < -0.39 is 5.54 Å². The third kappa shape index (κ3) is 4.18. The number of fused-ring (bicyclic) bond motifs is 1. The van der Waals surface area contributed by atoms with Crippen LogP contribution in [0.1, 0.15) is 52.1 Å². The summed E-state index contributed by atoms with van der Waals surface area (Å²) in [5, 5.41) is 1.15. The van der Waals surface area contributed by atoms with E-state index in [1.165, 1.54) is 4.90 Å². The predicted octanol–water partition coefficient (Wildman–Crippen LogP) is 4.29. The minimum Gasteiger partial charge on any atom is -0.309 e. The van der Waals surface area contributed by atoms with E-state index in [0.29, 0.717) is 25.9 Å². The number of imide groups is 1. The number of carbonyl (C=O) groups excluding carboxylic acids is 2. The first kappa shape index (κ1) is 21.8. The molecule has 4 rings (SSSR count). The van der Waals surface area contributed by atoms with Crippen molar-refractivity contribution in [2.45, 2.75) is 58.5 Å². The highest BCUT2D eigenvalue weighted by Gasteiger charge is 2.57. The molecular weight excluding hydrogens is 388 g/mol. The number of unbranched alkanes of at least 4 members (excludes halogenated alkanes) is 1. The van der Waals surface area contributed by atoms with Crippen LogP contribution in [0.15, 0.2) is 36.4 Å². The summed E-state index contributed by atoms with van der Waals surface area (Å²) in [6, 6.07) is 12.3. The van der Waals surface area contributed by atoms with E-state index in [4.69, 9.17) is 4.98 Å². The van der Waals surface area contributed by atoms with Crippen molar-refractivity contribution < 1.29 is 9.59 Å². The average Bonchev–Trinajstić information content (AvgIpc) is 2.95. The van der Waals surface area contributed by atoms with Crippen molar-refractivity contribution in [3.63, 3.8) is 0 Å². The zero-order valence-corrected chi connectivity index (χ0v) is 19.0. The molecule has 2 aliphatic heterocycles. The first-order valence-electron chi connectivity index (χ1n) is 11.6. The van der Waals surface area contributed by atoms with E-state index in [9.17, 15) is 9.59 Å². The van der Waals surface area contributed by atoms with Gasteiger partial charge in [0, 0.05) is 38.1 Å². The molecule has 2 fully saturated rings. The molecule has 166 valence electrons. The SMILES string of the molecule is CCCCN1C(=O)N(CC(C)C)C(=O)C12CCN(Cc1ccc3ccccc3n1)CC2. The Balaban J connectivity index is 1.48. The number of likely N-dealkylation sites (tertiary alicyclic amines) is 1. The maximum absolute atomic E-state index is 13.4. The lowest BCUT2D eigenvalue weighted by molar-refractivity contribution is -0.136. The normalized spacial score (nSPS) is 19.4. The lowest BCUT2D eigenvalue weighted by atomic mass is 9.85. The molecule has 2 aromatic rings. The molecule has 3 heterocycles. The van der Waals surface area contributed by atoms with Gasteiger partial charge < -0.3 is 4.90 Å². The summed E-state index contributed by atoms with van der Waals surface area (Å²) in [5.74, 6) is 0.293. The van der Waals surface area contributed by atoms with Crippen molar-refractivity contribution in [2.75, 3.05) is 26.2 Å². The Morgan fingerprint density at radius 1 is 1.06 bits per heavy atom. The van der Waals surface area contributed by atoms with Gasteiger partial charge in [-0.25, -0.2) is 4.79 Å². The van der Waals surface area contributed by atoms with Crippen LogP contribution in [0.5, 0.6) is 0 Å². The third-order valence-electron chi connectivity index (χ3n) is 6.63. The molecule has 0 N–H and O–H groups in total. The van der Waals surface area contributed by atoms with Crippen molar-refractivity contribution in [3.05, 3.63) is 42.1 Å². The number of aromatic nitrogens is 1. The highest BCUT2D eigenvalue weighted by Crippen LogP contribution is 2.38. The molecule has 0 bridgehead atoms. The van der Waals surface area contributed by atoms with Crippen LogP contribution >= 0.6 is 0 Å². The number of benzene rings is 1. The van der Waals surface area contributed by atoms with E-state index in [0.717, 1.165) is 49.1 Å². The number of urea groups is 1. The lowest BCUT2D eigenvalue weighted by Gasteiger charge is -2.42. The van der Waals surface area contributed by atoms with Crippen LogP contribution in [0, 0.1) is 5.92 Å². The minimum absolute atomic E-state index is 0.0192. The number of hydrogen-bond donors (Lipinski definition) is 0. The molecule has 0 unspecified atom stereocenters. The second-order valence-electron chi connectivity index (χ2n) is 9.40. The van der Waals surface area contributed by atoms with E-state index in [1.807, 2.05) is 23.1 Å². The van der Waals surface area contributed by atoms with Crippen molar-refractivity contribution in [1.82, 2.24) is 19.7 Å². The smallest absolute Gasteiger partial charge is 0.309 e. The highest BCUT2D eigenvalue weighted by atomic mass is 16.2. The van der Waals surface area contributed by atoms with E-state index >= 15 is 0 Å². The molecule has 1 aromatic carbocycles. The zero-order chi connectivity index (χ0) is 22.0. The van der Waals surface area contributed by atoms with Crippen molar-refractivity contribution in [1.29, 1.82) is 0 Å². The van der Waals surface area contributed by atoms with Gasteiger partial charge in [-0.1, -0.05) is 51.5 Å². The van der Waals surface area contributed by atoms with E-state index in [2.05, 4.69) is 43.9 Å². The topological polar surface area (TPSA) is 56.8 Å². The molecule has 6 nitrogen and oxygen atoms in total. The summed E-state index contributed by atoms with van der Waals surface area (Å²) in [4.78, 5) is 37.2. The van der Waals surface area contributed by atoms with Crippen LogP contribution in [0.25, 0.3) is 10.9 Å². The number of nitrogens with zero attached hydrogens (tertiary/aromatic N) is 4. The summed E-state index contributed by atoms with van der Waals surface area (Å²) in [6.07, 6.45) is 3.34. The van der Waals surface area contributed by atoms with Gasteiger partial charge in [0.25, 0.3) is 5.91 Å². The Morgan fingerprint density at radius 3 is 2.52 bits per heavy atom. The Kier molecular flexibility index (Phi) is 6.28. The minimum atomic E-state index is -0.658. The summed E-state index contributed by atoms with van der Waals surface area (Å²) >= 11 is 0. The molecule has 3 amide bonds. The molecule has 6 heteroatoms. The van der Waals surface area contributed by atoms with Gasteiger partial charge in [0.05, 0.1) is 11.2 Å². The number of piperidine rings is 1. The maximum Gasteiger partial charge on any atom is 0.327 e. The van der Waals surface area contributed by atoms with Gasteiger partial charge >= 0.3 is 6.03 Å². The largest absolute Gasteiger partial charge is 0.327 e. The van der Waals surface area contributed by atoms with Crippen molar-refractivity contribution in [3.8, 4) is 0 Å². The number of rotatable bonds is 7. The number of para-hydroxylation sites is 1. The monoisotopic (exact) mass is 422 g/mol. The first-order valence-corrected chi connectivity index (χ1v) is 11.6. The molecule has 2 aliphatic rings. The highest BCUT2D eigenvalue weighted by molar-refractivity contribution is 6.07. The number of hydrogen-bond acceptors (Lipinski definition) is 4. The van der Waals surface area contributed by atoms with Crippen LogP contribution in [0.4, 0.5) is 4.79 Å². The van der Waals surface area contributed by atoms with E-state index in [1.54, 1.807) is 0 Å². The van der Waals surface area contributed by atoms with Gasteiger partial charge in [-0.3, -0.25) is 19.6 Å². The second-order valence-corrected chi connectivity index (χ2v) is 9.40. The molecule has 2 saturated heterocycles. The van der Waals surface area contributed by atoms with E-state index in [-0.39, 0.29) is 17.9 Å². The molecule has 0 atom stereocenters. The van der Waals surface area contributed by atoms with Gasteiger partial charge in [0.2, 0.25) is 0 Å². The summed E-state index contributed by atoms with van der Waals surface area (Å²) in [6.45, 7) is 9.78. The Bertz CT molecular complexity index is 949. The summed E-state index contributed by atoms with van der Waals surface area (Å²) in [5.41, 5.74) is 1.40. The van der Waals surface area contributed by atoms with Crippen LogP contribution in [0.3, 0.4) is 0 Å². The first-order chi connectivity index (χ1) is 14.9. The average molecular weight is 423 g/mol. The third-order valence-corrected chi connectivity index (χ3v) is 6.63. The van der Waals surface area contributed by atoms with Gasteiger partial charge in [0.1, 0.15) is 5.54 Å². The van der Waals surface area contributed by atoms with Crippen molar-refractivity contribution >= 4 is 22.8 Å². The fourth-order valence-electron chi connectivity index (χ4n) is 4.92. The molecular formula is C25H34N4O2. The Labute approximate surface area is 185 Å². The molecule has 0 aliphatic carbocycles. The van der Waals surface area contributed by atoms with Crippen LogP contribution < -0.4 is 0 Å². The van der Waals surface area contributed by atoms with Crippen molar-refractivity contribution in [2.24, 2.45) is 5.92 Å². The predicted molar refractivity (Wildman–Crippen MR) is 123 cm³/mol. The Hall–Kier alpha value is -2.47.